The van der Waals surface area contributed by atoms with E-state index < -0.39 is 36.1 Å². The van der Waals surface area contributed by atoms with E-state index in [0.717, 1.165) is 18.3 Å². The van der Waals surface area contributed by atoms with Crippen LogP contribution in [0, 0.1) is 5.92 Å². The van der Waals surface area contributed by atoms with E-state index in [2.05, 4.69) is 15.3 Å². The lowest BCUT2D eigenvalue weighted by atomic mass is 9.81. The number of hydrogen-bond donors (Lipinski definition) is 1. The highest BCUT2D eigenvalue weighted by molar-refractivity contribution is 6.61. The Labute approximate surface area is 208 Å². The lowest BCUT2D eigenvalue weighted by Crippen LogP contribution is -2.50. The number of piperidine rings is 1. The summed E-state index contributed by atoms with van der Waals surface area (Å²) >= 11 is 0. The molecule has 2 amide bonds. The third-order valence-corrected chi connectivity index (χ3v) is 6.65. The minimum Gasteiger partial charge on any atom is -0.463 e. The van der Waals surface area contributed by atoms with Gasteiger partial charge in [-0.2, -0.15) is 0 Å². The minimum atomic E-state index is -0.645. The Morgan fingerprint density at radius 3 is 2.20 bits per heavy atom. The first-order valence-electron chi connectivity index (χ1n) is 12.3. The van der Waals surface area contributed by atoms with Crippen molar-refractivity contribution in [2.45, 2.75) is 91.1 Å². The SMILES string of the molecule is CC(NC(=O)OC(C)(C)C)C(=O)N1CCC(COc2ncc(B3OC(C)(C)C(C)(C)O3)cn2)CC1. The van der Waals surface area contributed by atoms with Gasteiger partial charge in [0.2, 0.25) is 5.91 Å². The molecule has 0 spiro atoms. The molecule has 2 saturated heterocycles. The Morgan fingerprint density at radius 1 is 1.14 bits per heavy atom. The molecule has 1 atom stereocenters. The van der Waals surface area contributed by atoms with Gasteiger partial charge in [0, 0.05) is 30.9 Å². The molecule has 1 unspecified atom stereocenters. The maximum atomic E-state index is 12.7. The number of likely N-dealkylation sites (tertiary alicyclic amines) is 1. The summed E-state index contributed by atoms with van der Waals surface area (Å²) in [5.41, 5.74) is -0.711. The van der Waals surface area contributed by atoms with Gasteiger partial charge < -0.3 is 29.0 Å². The fourth-order valence-electron chi connectivity index (χ4n) is 3.83. The fraction of sp³-hybridized carbons (Fsp3) is 0.750. The van der Waals surface area contributed by atoms with Crippen LogP contribution in [0.15, 0.2) is 12.4 Å². The van der Waals surface area contributed by atoms with Crippen molar-refractivity contribution in [3.8, 4) is 6.01 Å². The van der Waals surface area contributed by atoms with Crippen LogP contribution in [0.1, 0.15) is 68.2 Å². The summed E-state index contributed by atoms with van der Waals surface area (Å²) in [6.07, 6.45) is 4.36. The zero-order chi connectivity index (χ0) is 26.0. The third kappa shape index (κ3) is 7.07. The predicted octanol–water partition coefficient (Wildman–Crippen LogP) is 2.31. The van der Waals surface area contributed by atoms with Crippen molar-refractivity contribution in [2.24, 2.45) is 5.92 Å². The smallest absolute Gasteiger partial charge is 0.463 e. The molecule has 0 radical (unpaired) electrons. The Balaban J connectivity index is 1.41. The van der Waals surface area contributed by atoms with Crippen LogP contribution in [0.4, 0.5) is 4.79 Å². The number of aromatic nitrogens is 2. The van der Waals surface area contributed by atoms with E-state index in [0.29, 0.717) is 31.6 Å². The lowest BCUT2D eigenvalue weighted by Gasteiger charge is -2.33. The molecule has 2 aliphatic heterocycles. The molecule has 0 saturated carbocycles. The second kappa shape index (κ2) is 10.3. The van der Waals surface area contributed by atoms with E-state index in [4.69, 9.17) is 18.8 Å². The van der Waals surface area contributed by atoms with E-state index in [1.807, 2.05) is 27.7 Å². The number of rotatable bonds is 6. The van der Waals surface area contributed by atoms with Crippen molar-refractivity contribution in [3.63, 3.8) is 0 Å². The number of nitrogens with one attached hydrogen (secondary N) is 1. The fourth-order valence-corrected chi connectivity index (χ4v) is 3.83. The van der Waals surface area contributed by atoms with Crippen LogP contribution >= 0.6 is 0 Å². The predicted molar refractivity (Wildman–Crippen MR) is 131 cm³/mol. The molecule has 194 valence electrons. The highest BCUT2D eigenvalue weighted by Gasteiger charge is 2.52. The standard InChI is InChI=1S/C24H39BN4O6/c1-16(28-21(31)33-22(2,3)4)19(30)29-11-9-17(10-12-29)15-32-20-26-13-18(14-27-20)25-34-23(5,6)24(7,8)35-25/h13-14,16-17H,9-12,15H2,1-8H3,(H,28,31). The van der Waals surface area contributed by atoms with Crippen LogP contribution in [-0.4, -0.2) is 76.5 Å². The number of nitrogens with zero attached hydrogens (tertiary/aromatic N) is 3. The molecule has 10 nitrogen and oxygen atoms in total. The maximum absolute atomic E-state index is 12.7. The molecule has 2 aliphatic rings. The molecule has 0 aromatic carbocycles. The molecule has 0 bridgehead atoms. The molecular weight excluding hydrogens is 451 g/mol. The maximum Gasteiger partial charge on any atom is 0.498 e. The average Bonchev–Trinajstić information content (AvgIpc) is 2.98. The van der Waals surface area contributed by atoms with E-state index in [1.54, 1.807) is 45.0 Å². The highest BCUT2D eigenvalue weighted by Crippen LogP contribution is 2.36. The number of amides is 2. The third-order valence-electron chi connectivity index (χ3n) is 6.65. The van der Waals surface area contributed by atoms with Gasteiger partial charge in [0.05, 0.1) is 17.8 Å². The monoisotopic (exact) mass is 490 g/mol. The van der Waals surface area contributed by atoms with Crippen molar-refractivity contribution in [1.82, 2.24) is 20.2 Å². The van der Waals surface area contributed by atoms with Gasteiger partial charge in [-0.1, -0.05) is 0 Å². The van der Waals surface area contributed by atoms with Crippen LogP contribution in [0.2, 0.25) is 0 Å². The zero-order valence-electron chi connectivity index (χ0n) is 22.2. The van der Waals surface area contributed by atoms with Gasteiger partial charge in [0.25, 0.3) is 0 Å². The van der Waals surface area contributed by atoms with Crippen LogP contribution in [0.25, 0.3) is 0 Å². The van der Waals surface area contributed by atoms with Crippen molar-refractivity contribution in [1.29, 1.82) is 0 Å². The number of hydrogen-bond acceptors (Lipinski definition) is 8. The lowest BCUT2D eigenvalue weighted by molar-refractivity contribution is -0.134. The zero-order valence-corrected chi connectivity index (χ0v) is 22.2. The highest BCUT2D eigenvalue weighted by atomic mass is 16.7. The Bertz CT molecular complexity index is 878. The normalized spacial score (nSPS) is 20.9. The molecule has 2 fully saturated rings. The van der Waals surface area contributed by atoms with Crippen LogP contribution in [0.3, 0.4) is 0 Å². The van der Waals surface area contributed by atoms with Gasteiger partial charge in [0.15, 0.2) is 0 Å². The summed E-state index contributed by atoms with van der Waals surface area (Å²) in [5, 5.41) is 2.61. The van der Waals surface area contributed by atoms with E-state index in [9.17, 15) is 9.59 Å². The number of alkyl carbamates (subject to hydrolysis) is 1. The molecule has 1 aromatic heterocycles. The van der Waals surface area contributed by atoms with Crippen molar-refractivity contribution >= 4 is 24.6 Å². The first-order valence-corrected chi connectivity index (χ1v) is 12.3. The van der Waals surface area contributed by atoms with Gasteiger partial charge in [-0.25, -0.2) is 14.8 Å². The largest absolute Gasteiger partial charge is 0.498 e. The Hall–Kier alpha value is -2.40. The second-order valence-corrected chi connectivity index (χ2v) is 11.3. The second-order valence-electron chi connectivity index (χ2n) is 11.3. The summed E-state index contributed by atoms with van der Waals surface area (Å²) in [6.45, 7) is 16.7. The van der Waals surface area contributed by atoms with Gasteiger partial charge in [0.1, 0.15) is 11.6 Å². The van der Waals surface area contributed by atoms with Crippen LogP contribution in [0.5, 0.6) is 6.01 Å². The molecular formula is C24H39BN4O6. The van der Waals surface area contributed by atoms with E-state index in [-0.39, 0.29) is 5.91 Å². The summed E-state index contributed by atoms with van der Waals surface area (Å²) in [7, 11) is -0.511. The first-order chi connectivity index (χ1) is 16.2. The summed E-state index contributed by atoms with van der Waals surface area (Å²) in [5.74, 6) is 0.177. The molecule has 3 rings (SSSR count). The minimum absolute atomic E-state index is 0.114. The summed E-state index contributed by atoms with van der Waals surface area (Å²) < 4.78 is 23.1. The van der Waals surface area contributed by atoms with Gasteiger partial charge in [-0.15, -0.1) is 0 Å². The molecule has 1 N–H and O–H groups in total. The average molecular weight is 490 g/mol. The van der Waals surface area contributed by atoms with Gasteiger partial charge in [-0.05, 0) is 74.1 Å². The molecule has 1 aromatic rings. The van der Waals surface area contributed by atoms with Crippen LogP contribution in [-0.2, 0) is 18.8 Å². The summed E-state index contributed by atoms with van der Waals surface area (Å²) in [4.78, 5) is 35.0. The van der Waals surface area contributed by atoms with Gasteiger partial charge >= 0.3 is 19.2 Å². The molecule has 11 heteroatoms. The Kier molecular flexibility index (Phi) is 8.01. The first kappa shape index (κ1) is 27.2. The Morgan fingerprint density at radius 2 is 1.69 bits per heavy atom. The number of carbonyl (C=O) groups excluding carboxylic acids is 2. The quantitative estimate of drug-likeness (QED) is 0.605. The van der Waals surface area contributed by atoms with Crippen molar-refractivity contribution in [2.75, 3.05) is 19.7 Å². The topological polar surface area (TPSA) is 112 Å². The summed E-state index contributed by atoms with van der Waals surface area (Å²) in [6, 6.07) is -0.340. The molecule has 3 heterocycles. The van der Waals surface area contributed by atoms with Crippen LogP contribution < -0.4 is 15.5 Å². The number of ether oxygens (including phenoxy) is 2. The van der Waals surface area contributed by atoms with Crippen molar-refractivity contribution < 1.29 is 28.4 Å². The van der Waals surface area contributed by atoms with E-state index >= 15 is 0 Å². The van der Waals surface area contributed by atoms with Crippen molar-refractivity contribution in [3.05, 3.63) is 12.4 Å². The van der Waals surface area contributed by atoms with Gasteiger partial charge in [-0.3, -0.25) is 4.79 Å². The molecule has 35 heavy (non-hydrogen) atoms. The number of carbonyl (C=O) groups is 2. The molecule has 0 aliphatic carbocycles. The van der Waals surface area contributed by atoms with E-state index in [1.165, 1.54) is 0 Å².